The molecule has 0 aliphatic heterocycles. The second-order valence-corrected chi connectivity index (χ2v) is 3.98. The summed E-state index contributed by atoms with van der Waals surface area (Å²) >= 11 is 0. The van der Waals surface area contributed by atoms with Crippen molar-refractivity contribution in [1.29, 1.82) is 0 Å². The quantitative estimate of drug-likeness (QED) is 0.438. The molecular formula is C12H17N3O4. The van der Waals surface area contributed by atoms with Crippen LogP contribution in [0.1, 0.15) is 5.56 Å². The first-order chi connectivity index (χ1) is 9.04. The van der Waals surface area contributed by atoms with Crippen molar-refractivity contribution in [3.8, 4) is 0 Å². The summed E-state index contributed by atoms with van der Waals surface area (Å²) in [6, 6.07) is 4.46. The van der Waals surface area contributed by atoms with E-state index in [0.717, 1.165) is 0 Å². The minimum absolute atomic E-state index is 0.0382. The van der Waals surface area contributed by atoms with Gasteiger partial charge >= 0.3 is 0 Å². The lowest BCUT2D eigenvalue weighted by Gasteiger charge is -2.07. The average Bonchev–Trinajstić information content (AvgIpc) is 2.34. The summed E-state index contributed by atoms with van der Waals surface area (Å²) in [5, 5.41) is 16.2. The van der Waals surface area contributed by atoms with Gasteiger partial charge in [-0.15, -0.1) is 0 Å². The maximum Gasteiger partial charge on any atom is 0.272 e. The summed E-state index contributed by atoms with van der Waals surface area (Å²) in [4.78, 5) is 21.8. The average molecular weight is 267 g/mol. The van der Waals surface area contributed by atoms with Crippen LogP contribution in [-0.4, -0.2) is 37.6 Å². The summed E-state index contributed by atoms with van der Waals surface area (Å²) in [6.45, 7) is 2.91. The van der Waals surface area contributed by atoms with E-state index in [1.807, 2.05) is 0 Å². The van der Waals surface area contributed by atoms with Crippen LogP contribution in [0.4, 0.5) is 11.4 Å². The molecule has 0 aliphatic rings. The van der Waals surface area contributed by atoms with E-state index < -0.39 is 4.92 Å². The molecule has 104 valence electrons. The van der Waals surface area contributed by atoms with Gasteiger partial charge in [-0.3, -0.25) is 14.9 Å². The second-order valence-electron chi connectivity index (χ2n) is 3.98. The minimum atomic E-state index is -0.451. The second kappa shape index (κ2) is 7.45. The van der Waals surface area contributed by atoms with Crippen molar-refractivity contribution < 1.29 is 14.5 Å². The first-order valence-electron chi connectivity index (χ1n) is 5.79. The molecule has 0 fully saturated rings. The number of anilines is 1. The van der Waals surface area contributed by atoms with Crippen molar-refractivity contribution in [2.45, 2.75) is 6.92 Å². The van der Waals surface area contributed by atoms with Crippen LogP contribution in [0.2, 0.25) is 0 Å². The Labute approximate surface area is 111 Å². The maximum atomic E-state index is 11.6. The number of hydrogen-bond acceptors (Lipinski definition) is 5. The summed E-state index contributed by atoms with van der Waals surface area (Å²) in [7, 11) is 1.58. The van der Waals surface area contributed by atoms with E-state index >= 15 is 0 Å². The van der Waals surface area contributed by atoms with Crippen molar-refractivity contribution in [2.75, 3.05) is 32.1 Å². The number of amides is 1. The number of carbonyl (C=O) groups excluding carboxylic acids is 1. The lowest BCUT2D eigenvalue weighted by Crippen LogP contribution is -2.30. The van der Waals surface area contributed by atoms with Gasteiger partial charge in [-0.05, 0) is 19.1 Å². The van der Waals surface area contributed by atoms with Gasteiger partial charge in [-0.25, -0.2) is 0 Å². The van der Waals surface area contributed by atoms with Crippen molar-refractivity contribution >= 4 is 17.3 Å². The molecular weight excluding hydrogens is 250 g/mol. The molecule has 0 radical (unpaired) electrons. The molecule has 1 aromatic carbocycles. The Morgan fingerprint density at radius 1 is 1.47 bits per heavy atom. The number of nitrogens with zero attached hydrogens (tertiary/aromatic N) is 1. The largest absolute Gasteiger partial charge is 0.383 e. The Morgan fingerprint density at radius 2 is 2.21 bits per heavy atom. The Morgan fingerprint density at radius 3 is 2.79 bits per heavy atom. The third kappa shape index (κ3) is 5.02. The topological polar surface area (TPSA) is 93.5 Å². The number of hydrogen-bond donors (Lipinski definition) is 2. The van der Waals surface area contributed by atoms with E-state index in [1.54, 1.807) is 20.1 Å². The number of methoxy groups -OCH3 is 1. The Bertz CT molecular complexity index is 462. The van der Waals surface area contributed by atoms with Gasteiger partial charge in [0, 0.05) is 31.0 Å². The van der Waals surface area contributed by atoms with Crippen LogP contribution >= 0.6 is 0 Å². The first-order valence-corrected chi connectivity index (χ1v) is 5.79. The summed E-state index contributed by atoms with van der Waals surface area (Å²) < 4.78 is 4.84. The molecule has 0 aromatic heterocycles. The zero-order valence-electron chi connectivity index (χ0n) is 10.9. The van der Waals surface area contributed by atoms with Gasteiger partial charge in [-0.1, -0.05) is 0 Å². The molecule has 0 aliphatic carbocycles. The minimum Gasteiger partial charge on any atom is -0.383 e. The van der Waals surface area contributed by atoms with Gasteiger partial charge in [0.25, 0.3) is 5.69 Å². The molecule has 0 saturated heterocycles. The molecule has 0 atom stereocenters. The Balaban J connectivity index is 2.51. The van der Waals surface area contributed by atoms with Crippen molar-refractivity contribution in [2.24, 2.45) is 0 Å². The first kappa shape index (κ1) is 15.1. The standard InChI is InChI=1S/C12H17N3O4/c1-9-7-10(3-4-11(9)15(17)18)14-12(16)8-13-5-6-19-2/h3-4,7,13H,5-6,8H2,1-2H3,(H,14,16). The smallest absolute Gasteiger partial charge is 0.272 e. The van der Waals surface area contributed by atoms with Crippen molar-refractivity contribution in [1.82, 2.24) is 5.32 Å². The highest BCUT2D eigenvalue weighted by Gasteiger charge is 2.11. The fourth-order valence-electron chi connectivity index (χ4n) is 1.52. The summed E-state index contributed by atoms with van der Waals surface area (Å²) in [5.41, 5.74) is 1.09. The predicted molar refractivity (Wildman–Crippen MR) is 71.2 cm³/mol. The van der Waals surface area contributed by atoms with Crippen LogP contribution in [0.25, 0.3) is 0 Å². The van der Waals surface area contributed by atoms with E-state index in [1.165, 1.54) is 12.1 Å². The molecule has 7 heteroatoms. The van der Waals surface area contributed by atoms with Crippen LogP contribution in [0.3, 0.4) is 0 Å². The number of aryl methyl sites for hydroxylation is 1. The number of rotatable bonds is 7. The van der Waals surface area contributed by atoms with Crippen LogP contribution < -0.4 is 10.6 Å². The Kier molecular flexibility index (Phi) is 5.91. The van der Waals surface area contributed by atoms with E-state index in [9.17, 15) is 14.9 Å². The number of nitro benzene ring substituents is 1. The summed E-state index contributed by atoms with van der Waals surface area (Å²) in [6.07, 6.45) is 0. The number of nitrogens with one attached hydrogen (secondary N) is 2. The van der Waals surface area contributed by atoms with E-state index in [-0.39, 0.29) is 18.1 Å². The molecule has 0 unspecified atom stereocenters. The lowest BCUT2D eigenvalue weighted by molar-refractivity contribution is -0.385. The van der Waals surface area contributed by atoms with Crippen molar-refractivity contribution in [3.05, 3.63) is 33.9 Å². The molecule has 2 N–H and O–H groups in total. The third-order valence-electron chi connectivity index (χ3n) is 2.45. The van der Waals surface area contributed by atoms with E-state index in [2.05, 4.69) is 10.6 Å². The maximum absolute atomic E-state index is 11.6. The number of benzene rings is 1. The van der Waals surface area contributed by atoms with Crippen LogP contribution in [0.15, 0.2) is 18.2 Å². The van der Waals surface area contributed by atoms with E-state index in [0.29, 0.717) is 24.4 Å². The zero-order valence-corrected chi connectivity index (χ0v) is 10.9. The monoisotopic (exact) mass is 267 g/mol. The van der Waals surface area contributed by atoms with Gasteiger partial charge in [-0.2, -0.15) is 0 Å². The van der Waals surface area contributed by atoms with E-state index in [4.69, 9.17) is 4.74 Å². The number of ether oxygens (including phenoxy) is 1. The van der Waals surface area contributed by atoms with Crippen LogP contribution in [0.5, 0.6) is 0 Å². The molecule has 0 bridgehead atoms. The van der Waals surface area contributed by atoms with Crippen LogP contribution in [0, 0.1) is 17.0 Å². The van der Waals surface area contributed by atoms with Crippen LogP contribution in [-0.2, 0) is 9.53 Å². The number of carbonyl (C=O) groups is 1. The zero-order chi connectivity index (χ0) is 14.3. The Hall–Kier alpha value is -1.99. The molecule has 0 heterocycles. The SMILES string of the molecule is COCCNCC(=O)Nc1ccc([N+](=O)[O-])c(C)c1. The molecule has 1 amide bonds. The molecule has 1 rings (SSSR count). The molecule has 19 heavy (non-hydrogen) atoms. The number of nitro groups is 1. The fraction of sp³-hybridized carbons (Fsp3) is 0.417. The molecule has 7 nitrogen and oxygen atoms in total. The third-order valence-corrected chi connectivity index (χ3v) is 2.45. The molecule has 0 saturated carbocycles. The molecule has 0 spiro atoms. The highest BCUT2D eigenvalue weighted by molar-refractivity contribution is 5.92. The lowest BCUT2D eigenvalue weighted by atomic mass is 10.2. The fourth-order valence-corrected chi connectivity index (χ4v) is 1.52. The predicted octanol–water partition coefficient (Wildman–Crippen LogP) is 1.08. The molecule has 1 aromatic rings. The van der Waals surface area contributed by atoms with Gasteiger partial charge < -0.3 is 15.4 Å². The van der Waals surface area contributed by atoms with Gasteiger partial charge in [0.2, 0.25) is 5.91 Å². The summed E-state index contributed by atoms with van der Waals surface area (Å²) in [5.74, 6) is -0.204. The van der Waals surface area contributed by atoms with Gasteiger partial charge in [0.15, 0.2) is 0 Å². The highest BCUT2D eigenvalue weighted by atomic mass is 16.6. The highest BCUT2D eigenvalue weighted by Crippen LogP contribution is 2.21. The van der Waals surface area contributed by atoms with Gasteiger partial charge in [0.1, 0.15) is 0 Å². The van der Waals surface area contributed by atoms with Gasteiger partial charge in [0.05, 0.1) is 18.1 Å². The van der Waals surface area contributed by atoms with Crippen molar-refractivity contribution in [3.63, 3.8) is 0 Å². The normalized spacial score (nSPS) is 10.2.